The van der Waals surface area contributed by atoms with Gasteiger partial charge in [-0.15, -0.1) is 24.9 Å². The molecule has 0 fully saturated rings. The first-order chi connectivity index (χ1) is 9.93. The van der Waals surface area contributed by atoms with Crippen LogP contribution in [0.5, 0.6) is 0 Å². The topological polar surface area (TPSA) is 134 Å². The van der Waals surface area contributed by atoms with E-state index >= 15 is 0 Å². The predicted molar refractivity (Wildman–Crippen MR) is 61.1 cm³/mol. The van der Waals surface area contributed by atoms with Crippen molar-refractivity contribution in [3.05, 3.63) is 31.4 Å². The highest BCUT2D eigenvalue weighted by atomic mass is 15.7. The highest BCUT2D eigenvalue weighted by Gasteiger charge is 2.21. The van der Waals surface area contributed by atoms with Crippen molar-refractivity contribution >= 4 is 0 Å². The number of aromatic nitrogens is 12. The van der Waals surface area contributed by atoms with Gasteiger partial charge in [-0.3, -0.25) is 5.10 Å². The average Bonchev–Trinajstić information content (AvgIpc) is 3.23. The van der Waals surface area contributed by atoms with E-state index in [0.29, 0.717) is 17.3 Å². The quantitative estimate of drug-likeness (QED) is 0.477. The summed E-state index contributed by atoms with van der Waals surface area (Å²) in [4.78, 5) is 10.8. The van der Waals surface area contributed by atoms with Crippen molar-refractivity contribution in [1.29, 1.82) is 0 Å². The number of nitrogens with zero attached hydrogens (tertiary/aromatic N) is 11. The van der Waals surface area contributed by atoms with Crippen molar-refractivity contribution in [3.63, 3.8) is 0 Å². The molecule has 4 heterocycles. The lowest BCUT2D eigenvalue weighted by atomic mass is 10.4. The summed E-state index contributed by atoms with van der Waals surface area (Å²) in [6.07, 6.45) is 7.45. The van der Waals surface area contributed by atoms with E-state index < -0.39 is 0 Å². The Morgan fingerprint density at radius 2 is 2.15 bits per heavy atom. The third-order valence-corrected chi connectivity index (χ3v) is 2.52. The van der Waals surface area contributed by atoms with Gasteiger partial charge in [0.25, 0.3) is 0 Å². The molecular weight excluding hydrogens is 264 g/mol. The molecule has 12 heteroatoms. The van der Waals surface area contributed by atoms with Gasteiger partial charge in [-0.1, -0.05) is 5.21 Å². The lowest BCUT2D eigenvalue weighted by Gasteiger charge is -2.03. The van der Waals surface area contributed by atoms with Crippen LogP contribution in [-0.2, 0) is 0 Å². The molecule has 0 aliphatic heterocycles. The van der Waals surface area contributed by atoms with Crippen molar-refractivity contribution in [2.75, 3.05) is 0 Å². The second-order valence-corrected chi connectivity index (χ2v) is 3.65. The summed E-state index contributed by atoms with van der Waals surface area (Å²) in [6, 6.07) is 0. The maximum absolute atomic E-state index is 4.11. The number of hydrogen-bond donors (Lipinski definition) is 1. The van der Waals surface area contributed by atoms with Crippen LogP contribution >= 0.6 is 0 Å². The summed E-state index contributed by atoms with van der Waals surface area (Å²) in [5.41, 5.74) is 0.526. The van der Waals surface area contributed by atoms with Gasteiger partial charge in [-0.2, -0.15) is 9.78 Å². The van der Waals surface area contributed by atoms with Crippen LogP contribution in [0.4, 0.5) is 0 Å². The van der Waals surface area contributed by atoms with Gasteiger partial charge in [0.2, 0.25) is 5.82 Å². The number of aromatic amines is 1. The summed E-state index contributed by atoms with van der Waals surface area (Å²) in [6.45, 7) is 0. The Morgan fingerprint density at radius 3 is 2.85 bits per heavy atom. The summed E-state index contributed by atoms with van der Waals surface area (Å²) >= 11 is 0. The Labute approximate surface area is 110 Å². The molecule has 12 nitrogen and oxygen atoms in total. The maximum Gasteiger partial charge on any atom is 0.210 e. The molecule has 4 rings (SSSR count). The Morgan fingerprint density at radius 1 is 1.15 bits per heavy atom. The number of hydrogen-bond acceptors (Lipinski definition) is 8. The molecular formula is C8H6N12. The van der Waals surface area contributed by atoms with E-state index in [1.165, 1.54) is 33.2 Å². The molecule has 0 aliphatic rings. The van der Waals surface area contributed by atoms with E-state index in [4.69, 9.17) is 0 Å². The van der Waals surface area contributed by atoms with Crippen molar-refractivity contribution in [2.45, 2.75) is 0 Å². The molecule has 0 aliphatic carbocycles. The molecule has 0 unspecified atom stereocenters. The fourth-order valence-electron chi connectivity index (χ4n) is 1.71. The van der Waals surface area contributed by atoms with Crippen LogP contribution in [0.2, 0.25) is 0 Å². The van der Waals surface area contributed by atoms with Crippen LogP contribution in [-0.4, -0.2) is 60.2 Å². The van der Waals surface area contributed by atoms with Crippen molar-refractivity contribution in [1.82, 2.24) is 60.2 Å². The highest BCUT2D eigenvalue weighted by molar-refractivity contribution is 5.58. The summed E-state index contributed by atoms with van der Waals surface area (Å²) in [5, 5.41) is 26.3. The van der Waals surface area contributed by atoms with Gasteiger partial charge in [-0.05, 0) is 5.21 Å². The summed E-state index contributed by atoms with van der Waals surface area (Å²) in [5.74, 6) is 0.908. The maximum atomic E-state index is 4.11. The van der Waals surface area contributed by atoms with E-state index in [-0.39, 0.29) is 0 Å². The molecule has 4 aromatic heterocycles. The first kappa shape index (κ1) is 10.5. The van der Waals surface area contributed by atoms with E-state index in [0.717, 1.165) is 0 Å². The Bertz CT molecular complexity index is 740. The fourth-order valence-corrected chi connectivity index (χ4v) is 1.71. The summed E-state index contributed by atoms with van der Waals surface area (Å²) < 4.78 is 1.47. The van der Waals surface area contributed by atoms with Gasteiger partial charge in [0, 0.05) is 0 Å². The molecule has 4 aromatic rings. The first-order valence-corrected chi connectivity index (χ1v) is 5.47. The minimum Gasteiger partial charge on any atom is -0.258 e. The molecule has 98 valence electrons. The van der Waals surface area contributed by atoms with E-state index in [1.54, 1.807) is 12.4 Å². The van der Waals surface area contributed by atoms with Crippen LogP contribution in [0.15, 0.2) is 31.4 Å². The zero-order valence-corrected chi connectivity index (χ0v) is 9.81. The molecule has 1 N–H and O–H groups in total. The lowest BCUT2D eigenvalue weighted by molar-refractivity contribution is 0.493. The molecule has 0 bridgehead atoms. The van der Waals surface area contributed by atoms with Crippen LogP contribution in [0.3, 0.4) is 0 Å². The predicted octanol–water partition coefficient (Wildman–Crippen LogP) is -1.45. The minimum absolute atomic E-state index is 0.440. The Kier molecular flexibility index (Phi) is 2.12. The van der Waals surface area contributed by atoms with E-state index in [9.17, 15) is 0 Å². The van der Waals surface area contributed by atoms with Gasteiger partial charge in [-0.25, -0.2) is 9.97 Å². The largest absolute Gasteiger partial charge is 0.258 e. The van der Waals surface area contributed by atoms with Gasteiger partial charge in [0.05, 0.1) is 12.4 Å². The van der Waals surface area contributed by atoms with Crippen molar-refractivity contribution in [3.8, 4) is 17.3 Å². The third kappa shape index (κ3) is 1.48. The monoisotopic (exact) mass is 270 g/mol. The van der Waals surface area contributed by atoms with E-state index in [2.05, 4.69) is 45.9 Å². The third-order valence-electron chi connectivity index (χ3n) is 2.52. The van der Waals surface area contributed by atoms with Crippen LogP contribution in [0, 0.1) is 0 Å². The fraction of sp³-hybridized carbons (Fsp3) is 0. The van der Waals surface area contributed by atoms with Crippen molar-refractivity contribution in [2.24, 2.45) is 0 Å². The SMILES string of the molecule is c1cn(-c2nnn(-n3cncn3)c2-c2ncn[nH]2)nn1. The molecule has 0 saturated carbocycles. The van der Waals surface area contributed by atoms with Crippen LogP contribution in [0.1, 0.15) is 0 Å². The van der Waals surface area contributed by atoms with Gasteiger partial charge in [0.1, 0.15) is 19.0 Å². The molecule has 0 spiro atoms. The second-order valence-electron chi connectivity index (χ2n) is 3.65. The lowest BCUT2D eigenvalue weighted by Crippen LogP contribution is -2.14. The van der Waals surface area contributed by atoms with Crippen molar-refractivity contribution < 1.29 is 0 Å². The molecule has 0 amide bonds. The van der Waals surface area contributed by atoms with Crippen LogP contribution in [0.25, 0.3) is 17.3 Å². The normalized spacial score (nSPS) is 11.0. The highest BCUT2D eigenvalue weighted by Crippen LogP contribution is 2.20. The second kappa shape index (κ2) is 4.04. The Hall–Kier alpha value is -3.44. The zero-order chi connectivity index (χ0) is 13.4. The number of nitrogens with one attached hydrogen (secondary N) is 1. The van der Waals surface area contributed by atoms with Gasteiger partial charge < -0.3 is 0 Å². The minimum atomic E-state index is 0.440. The smallest absolute Gasteiger partial charge is 0.210 e. The number of H-pyrrole nitrogens is 1. The molecule has 20 heavy (non-hydrogen) atoms. The zero-order valence-electron chi connectivity index (χ0n) is 9.81. The van der Waals surface area contributed by atoms with Crippen LogP contribution < -0.4 is 0 Å². The first-order valence-electron chi connectivity index (χ1n) is 5.47. The van der Waals surface area contributed by atoms with E-state index in [1.807, 2.05) is 0 Å². The molecule has 0 saturated heterocycles. The number of rotatable bonds is 3. The van der Waals surface area contributed by atoms with Gasteiger partial charge >= 0.3 is 0 Å². The molecule has 0 radical (unpaired) electrons. The average molecular weight is 270 g/mol. The Balaban J connectivity index is 1.98. The molecule has 0 atom stereocenters. The molecule has 0 aromatic carbocycles. The standard InChI is InChI=1S/C8H6N12/c1-2-18(16-11-1)8-6(7-10-4-12-14-7)20(17-15-8)19-5-9-3-13-19/h1-5H,(H,10,12,14). The summed E-state index contributed by atoms with van der Waals surface area (Å²) in [7, 11) is 0. The van der Waals surface area contributed by atoms with Gasteiger partial charge in [0.15, 0.2) is 11.5 Å².